The van der Waals surface area contributed by atoms with E-state index in [4.69, 9.17) is 0 Å². The van der Waals surface area contributed by atoms with Crippen LogP contribution in [-0.4, -0.2) is 22.9 Å². The van der Waals surface area contributed by atoms with E-state index in [9.17, 15) is 10.1 Å². The van der Waals surface area contributed by atoms with Crippen LogP contribution in [0.2, 0.25) is 0 Å². The number of hydrogen-bond acceptors (Lipinski definition) is 5. The molecule has 2 aromatic carbocycles. The fourth-order valence-electron chi connectivity index (χ4n) is 2.13. The van der Waals surface area contributed by atoms with Crippen LogP contribution in [0, 0.1) is 10.1 Å². The minimum Gasteiger partial charge on any atom is -0.301 e. The third-order valence-electron chi connectivity index (χ3n) is 3.05. The van der Waals surface area contributed by atoms with E-state index in [2.05, 4.69) is 15.8 Å². The predicted octanol–water partition coefficient (Wildman–Crippen LogP) is 2.45. The molecule has 21 heavy (non-hydrogen) atoms. The molecule has 1 heterocycles. The number of nitro benzene ring substituents is 1. The SMILES string of the molecule is CN1NC(=Nc2ccccc2[N+](=O)[O-])c2ccccc2N1. The second-order valence-electron chi connectivity index (χ2n) is 4.53. The van der Waals surface area contributed by atoms with Crippen molar-refractivity contribution in [2.45, 2.75) is 0 Å². The smallest absolute Gasteiger partial charge is 0.294 e. The molecule has 106 valence electrons. The second kappa shape index (κ2) is 5.22. The molecule has 0 aromatic heterocycles. The van der Waals surface area contributed by atoms with E-state index < -0.39 is 4.92 Å². The fourth-order valence-corrected chi connectivity index (χ4v) is 2.13. The maximum absolute atomic E-state index is 11.1. The van der Waals surface area contributed by atoms with Gasteiger partial charge in [0.05, 0.1) is 10.6 Å². The van der Waals surface area contributed by atoms with Crippen LogP contribution >= 0.6 is 0 Å². The molecular formula is C14H13N5O2. The molecule has 3 rings (SSSR count). The Hall–Kier alpha value is -2.93. The van der Waals surface area contributed by atoms with Crippen molar-refractivity contribution >= 4 is 22.9 Å². The minimum absolute atomic E-state index is 0.0227. The van der Waals surface area contributed by atoms with E-state index in [0.29, 0.717) is 11.5 Å². The van der Waals surface area contributed by atoms with E-state index in [1.54, 1.807) is 30.4 Å². The average Bonchev–Trinajstić information content (AvgIpc) is 2.47. The standard InChI is InChI=1S/C14H13N5O2/c1-18-16-11-7-3-2-6-10(11)14(17-18)15-12-8-4-5-9-13(12)19(20)21/h2-9,16H,1H3,(H,15,17). The Morgan fingerprint density at radius 1 is 1.10 bits per heavy atom. The predicted molar refractivity (Wildman–Crippen MR) is 80.3 cm³/mol. The first kappa shape index (κ1) is 13.1. The van der Waals surface area contributed by atoms with Gasteiger partial charge in [0, 0.05) is 18.7 Å². The molecule has 1 aliphatic rings. The number of nitro groups is 1. The van der Waals surface area contributed by atoms with Gasteiger partial charge in [0.1, 0.15) is 5.69 Å². The van der Waals surface area contributed by atoms with Crippen molar-refractivity contribution in [2.24, 2.45) is 4.99 Å². The minimum atomic E-state index is -0.434. The summed E-state index contributed by atoms with van der Waals surface area (Å²) in [5, 5.41) is 12.7. The molecule has 0 aliphatic carbocycles. The van der Waals surface area contributed by atoms with Gasteiger partial charge < -0.3 is 5.43 Å². The molecule has 0 fully saturated rings. The third kappa shape index (κ3) is 2.54. The van der Waals surface area contributed by atoms with Crippen molar-refractivity contribution in [2.75, 3.05) is 12.5 Å². The average molecular weight is 283 g/mol. The van der Waals surface area contributed by atoms with Gasteiger partial charge in [0.15, 0.2) is 5.84 Å². The fraction of sp³-hybridized carbons (Fsp3) is 0.0714. The summed E-state index contributed by atoms with van der Waals surface area (Å²) in [7, 11) is 1.80. The number of amidine groups is 1. The zero-order chi connectivity index (χ0) is 14.8. The Labute approximate surface area is 121 Å². The Morgan fingerprint density at radius 2 is 1.81 bits per heavy atom. The molecule has 2 N–H and O–H groups in total. The lowest BCUT2D eigenvalue weighted by atomic mass is 10.1. The van der Waals surface area contributed by atoms with Gasteiger partial charge in [-0.3, -0.25) is 15.5 Å². The van der Waals surface area contributed by atoms with Crippen LogP contribution in [-0.2, 0) is 0 Å². The topological polar surface area (TPSA) is 82.8 Å². The normalized spacial score (nSPS) is 16.0. The number of nitrogens with zero attached hydrogens (tertiary/aromatic N) is 3. The van der Waals surface area contributed by atoms with Gasteiger partial charge in [-0.1, -0.05) is 24.3 Å². The summed E-state index contributed by atoms with van der Waals surface area (Å²) < 4.78 is 0. The van der Waals surface area contributed by atoms with E-state index >= 15 is 0 Å². The summed E-state index contributed by atoms with van der Waals surface area (Å²) in [6.45, 7) is 0. The summed E-state index contributed by atoms with van der Waals surface area (Å²) in [5.41, 5.74) is 8.19. The van der Waals surface area contributed by atoms with Gasteiger partial charge >= 0.3 is 0 Å². The molecule has 1 aliphatic heterocycles. The van der Waals surface area contributed by atoms with Crippen molar-refractivity contribution in [3.8, 4) is 0 Å². The molecule has 0 amide bonds. The number of para-hydroxylation sites is 3. The monoisotopic (exact) mass is 283 g/mol. The van der Waals surface area contributed by atoms with Gasteiger partial charge in [-0.2, -0.15) is 0 Å². The molecule has 7 nitrogen and oxygen atoms in total. The first-order valence-electron chi connectivity index (χ1n) is 6.34. The number of hydrazine groups is 2. The molecule has 0 radical (unpaired) electrons. The number of nitrogens with one attached hydrogen (secondary N) is 2. The molecule has 7 heteroatoms. The molecule has 2 aromatic rings. The first-order valence-corrected chi connectivity index (χ1v) is 6.34. The highest BCUT2D eigenvalue weighted by atomic mass is 16.6. The largest absolute Gasteiger partial charge is 0.301 e. The van der Waals surface area contributed by atoms with Crippen LogP contribution in [0.3, 0.4) is 0 Å². The highest BCUT2D eigenvalue weighted by Gasteiger charge is 2.19. The summed E-state index contributed by atoms with van der Waals surface area (Å²) in [5.74, 6) is 0.557. The first-order chi connectivity index (χ1) is 10.1. The highest BCUT2D eigenvalue weighted by Crippen LogP contribution is 2.28. The Bertz CT molecular complexity index is 729. The number of fused-ring (bicyclic) bond motifs is 1. The van der Waals surface area contributed by atoms with E-state index in [0.717, 1.165) is 11.3 Å². The number of rotatable bonds is 2. The van der Waals surface area contributed by atoms with Crippen molar-refractivity contribution in [1.29, 1.82) is 0 Å². The number of benzene rings is 2. The van der Waals surface area contributed by atoms with Crippen LogP contribution in [0.5, 0.6) is 0 Å². The van der Waals surface area contributed by atoms with Crippen molar-refractivity contribution in [3.05, 3.63) is 64.2 Å². The number of aliphatic imine (C=N–C) groups is 1. The van der Waals surface area contributed by atoms with E-state index in [1.165, 1.54) is 6.07 Å². The summed E-state index contributed by atoms with van der Waals surface area (Å²) in [6, 6.07) is 14.0. The molecule has 0 spiro atoms. The summed E-state index contributed by atoms with van der Waals surface area (Å²) in [6.07, 6.45) is 0. The van der Waals surface area contributed by atoms with Gasteiger partial charge in [-0.15, -0.1) is 5.12 Å². The Morgan fingerprint density at radius 3 is 2.62 bits per heavy atom. The zero-order valence-corrected chi connectivity index (χ0v) is 11.3. The van der Waals surface area contributed by atoms with Crippen molar-refractivity contribution < 1.29 is 4.92 Å². The Kier molecular flexibility index (Phi) is 3.25. The number of anilines is 1. The zero-order valence-electron chi connectivity index (χ0n) is 11.3. The molecule has 0 saturated heterocycles. The quantitative estimate of drug-likeness (QED) is 0.653. The molecule has 0 atom stereocenters. The van der Waals surface area contributed by atoms with Gasteiger partial charge in [-0.25, -0.2) is 4.99 Å². The molecule has 0 bridgehead atoms. The summed E-state index contributed by atoms with van der Waals surface area (Å²) >= 11 is 0. The van der Waals surface area contributed by atoms with Gasteiger partial charge in [0.2, 0.25) is 0 Å². The summed E-state index contributed by atoms with van der Waals surface area (Å²) in [4.78, 5) is 15.0. The van der Waals surface area contributed by atoms with Crippen LogP contribution < -0.4 is 10.9 Å². The molecular weight excluding hydrogens is 270 g/mol. The van der Waals surface area contributed by atoms with Crippen molar-refractivity contribution in [1.82, 2.24) is 10.5 Å². The third-order valence-corrected chi connectivity index (χ3v) is 3.05. The second-order valence-corrected chi connectivity index (χ2v) is 4.53. The van der Waals surface area contributed by atoms with Crippen molar-refractivity contribution in [3.63, 3.8) is 0 Å². The van der Waals surface area contributed by atoms with Crippen LogP contribution in [0.25, 0.3) is 0 Å². The van der Waals surface area contributed by atoms with Crippen LogP contribution in [0.15, 0.2) is 53.5 Å². The molecule has 0 saturated carbocycles. The maximum Gasteiger partial charge on any atom is 0.294 e. The Balaban J connectivity index is 2.11. The lowest BCUT2D eigenvalue weighted by Crippen LogP contribution is -2.47. The van der Waals surface area contributed by atoms with E-state index in [1.807, 2.05) is 24.3 Å². The van der Waals surface area contributed by atoms with Gasteiger partial charge in [-0.05, 0) is 18.2 Å². The maximum atomic E-state index is 11.1. The van der Waals surface area contributed by atoms with E-state index in [-0.39, 0.29) is 5.69 Å². The highest BCUT2D eigenvalue weighted by molar-refractivity contribution is 6.05. The number of hydrogen-bond donors (Lipinski definition) is 2. The lowest BCUT2D eigenvalue weighted by Gasteiger charge is -2.29. The van der Waals surface area contributed by atoms with Crippen LogP contribution in [0.4, 0.5) is 17.1 Å². The van der Waals surface area contributed by atoms with Gasteiger partial charge in [0.25, 0.3) is 5.69 Å². The molecule has 0 unspecified atom stereocenters. The lowest BCUT2D eigenvalue weighted by molar-refractivity contribution is -0.384. The van der Waals surface area contributed by atoms with Crippen LogP contribution in [0.1, 0.15) is 5.56 Å².